The van der Waals surface area contributed by atoms with Crippen LogP contribution in [0.2, 0.25) is 5.02 Å². The monoisotopic (exact) mass is 321 g/mol. The smallest absolute Gasteiger partial charge is 0.349 e. The van der Waals surface area contributed by atoms with Crippen LogP contribution < -0.4 is 5.32 Å². The molecule has 1 amide bonds. The number of aromatic nitrogens is 1. The van der Waals surface area contributed by atoms with E-state index >= 15 is 0 Å². The number of carbonyl (C=O) groups excluding carboxylic acids is 1. The normalized spacial score (nSPS) is 12.1. The summed E-state index contributed by atoms with van der Waals surface area (Å²) < 4.78 is 0. The van der Waals surface area contributed by atoms with Gasteiger partial charge in [0.15, 0.2) is 0 Å². The summed E-state index contributed by atoms with van der Waals surface area (Å²) >= 11 is 5.90. The zero-order chi connectivity index (χ0) is 16.3. The second kappa shape index (κ2) is 6.62. The highest BCUT2D eigenvalue weighted by molar-refractivity contribution is 6.34. The topological polar surface area (TPSA) is 106 Å². The van der Waals surface area contributed by atoms with Crippen molar-refractivity contribution in [3.63, 3.8) is 0 Å². The number of hydrogen-bond donors (Lipinski definition) is 4. The fraction of sp³-hybridized carbons (Fsp3) is 0.267. The Morgan fingerprint density at radius 3 is 2.82 bits per heavy atom. The molecule has 0 aliphatic rings. The number of carboxylic acids is 1. The fourth-order valence-electron chi connectivity index (χ4n) is 2.10. The number of carbonyl (C=O) groups is 2. The van der Waals surface area contributed by atoms with Gasteiger partial charge in [0.05, 0.1) is 0 Å². The Morgan fingerprint density at radius 2 is 2.14 bits per heavy atom. The second-order valence-corrected chi connectivity index (χ2v) is 5.65. The molecule has 116 valence electrons. The number of halogens is 1. The van der Waals surface area contributed by atoms with E-state index in [0.29, 0.717) is 17.3 Å². The van der Waals surface area contributed by atoms with E-state index in [1.165, 1.54) is 0 Å². The van der Waals surface area contributed by atoms with Crippen molar-refractivity contribution in [2.75, 3.05) is 6.54 Å². The third-order valence-electron chi connectivity index (χ3n) is 3.25. The lowest BCUT2D eigenvalue weighted by Crippen LogP contribution is -2.30. The second-order valence-electron chi connectivity index (χ2n) is 5.22. The van der Waals surface area contributed by atoms with Crippen molar-refractivity contribution in [2.45, 2.75) is 13.3 Å². The summed E-state index contributed by atoms with van der Waals surface area (Å²) in [6.45, 7) is 2.08. The molecule has 1 atom stereocenters. The standard InChI is InChI=1S/C15H16ClN3O3/c1-8(4-11(17)15(21)22)7-18-14(20)13-6-9-5-10(16)2-3-12(9)19-13/h2-3,5-6,8,17,19H,4,7H2,1H3,(H,18,20)(H,21,22)/t8-/m1/s1. The van der Waals surface area contributed by atoms with E-state index in [1.54, 1.807) is 31.2 Å². The lowest BCUT2D eigenvalue weighted by Gasteiger charge is -2.11. The molecule has 2 aromatic rings. The van der Waals surface area contributed by atoms with Gasteiger partial charge < -0.3 is 15.4 Å². The zero-order valence-electron chi connectivity index (χ0n) is 11.9. The Bertz CT molecular complexity index is 739. The van der Waals surface area contributed by atoms with E-state index in [4.69, 9.17) is 22.1 Å². The Labute approximate surface area is 132 Å². The molecule has 0 bridgehead atoms. The average Bonchev–Trinajstić information content (AvgIpc) is 2.87. The number of fused-ring (bicyclic) bond motifs is 1. The summed E-state index contributed by atoms with van der Waals surface area (Å²) in [6.07, 6.45) is 0.109. The molecule has 0 saturated carbocycles. The number of rotatable bonds is 6. The minimum Gasteiger partial charge on any atom is -0.477 e. The molecule has 0 aliphatic carbocycles. The molecule has 0 fully saturated rings. The fourth-order valence-corrected chi connectivity index (χ4v) is 2.28. The molecule has 0 spiro atoms. The Kier molecular flexibility index (Phi) is 4.82. The van der Waals surface area contributed by atoms with E-state index in [9.17, 15) is 9.59 Å². The van der Waals surface area contributed by atoms with E-state index in [2.05, 4.69) is 10.3 Å². The summed E-state index contributed by atoms with van der Waals surface area (Å²) in [5.74, 6) is -1.64. The van der Waals surface area contributed by atoms with Crippen LogP contribution in [0.1, 0.15) is 23.8 Å². The number of aromatic amines is 1. The maximum absolute atomic E-state index is 12.1. The van der Waals surface area contributed by atoms with Crippen molar-refractivity contribution in [3.05, 3.63) is 35.0 Å². The first kappa shape index (κ1) is 16.0. The number of H-pyrrole nitrogens is 1. The van der Waals surface area contributed by atoms with E-state index in [-0.39, 0.29) is 24.0 Å². The predicted octanol–water partition coefficient (Wildman–Crippen LogP) is 2.68. The molecule has 0 aliphatic heterocycles. The lowest BCUT2D eigenvalue weighted by molar-refractivity contribution is -0.129. The van der Waals surface area contributed by atoms with E-state index < -0.39 is 5.97 Å². The zero-order valence-corrected chi connectivity index (χ0v) is 12.7. The van der Waals surface area contributed by atoms with Gasteiger partial charge in [0.25, 0.3) is 5.91 Å². The van der Waals surface area contributed by atoms with Crippen LogP contribution in [0.4, 0.5) is 0 Å². The molecule has 7 heteroatoms. The van der Waals surface area contributed by atoms with Gasteiger partial charge in [-0.1, -0.05) is 18.5 Å². The number of nitrogens with one attached hydrogen (secondary N) is 3. The minimum absolute atomic E-state index is 0.109. The van der Waals surface area contributed by atoms with E-state index in [1.807, 2.05) is 0 Å². The highest BCUT2D eigenvalue weighted by Crippen LogP contribution is 2.20. The molecule has 0 saturated heterocycles. The summed E-state index contributed by atoms with van der Waals surface area (Å²) in [4.78, 5) is 25.7. The van der Waals surface area contributed by atoms with Crippen LogP contribution in [0.15, 0.2) is 24.3 Å². The quantitative estimate of drug-likeness (QED) is 0.614. The third kappa shape index (κ3) is 3.85. The maximum Gasteiger partial charge on any atom is 0.349 e. The number of hydrogen-bond acceptors (Lipinski definition) is 3. The highest BCUT2D eigenvalue weighted by Gasteiger charge is 2.14. The van der Waals surface area contributed by atoms with Crippen molar-refractivity contribution >= 4 is 40.1 Å². The first-order valence-corrected chi connectivity index (χ1v) is 7.12. The van der Waals surface area contributed by atoms with Crippen molar-refractivity contribution in [1.29, 1.82) is 5.41 Å². The van der Waals surface area contributed by atoms with Crippen LogP contribution in [-0.4, -0.2) is 34.2 Å². The van der Waals surface area contributed by atoms with Gasteiger partial charge in [-0.15, -0.1) is 0 Å². The molecule has 1 aromatic heterocycles. The Balaban J connectivity index is 1.96. The van der Waals surface area contributed by atoms with Gasteiger partial charge >= 0.3 is 5.97 Å². The Hall–Kier alpha value is -2.34. The molecule has 1 heterocycles. The third-order valence-corrected chi connectivity index (χ3v) is 3.48. The summed E-state index contributed by atoms with van der Waals surface area (Å²) in [5, 5.41) is 20.1. The van der Waals surface area contributed by atoms with Gasteiger partial charge in [-0.05, 0) is 30.2 Å². The number of carboxylic acid groups (broad SMARTS) is 1. The molecular formula is C15H16ClN3O3. The van der Waals surface area contributed by atoms with Gasteiger partial charge in [0, 0.05) is 28.9 Å². The van der Waals surface area contributed by atoms with Crippen molar-refractivity contribution in [3.8, 4) is 0 Å². The molecule has 1 aromatic carbocycles. The molecular weight excluding hydrogens is 306 g/mol. The first-order chi connectivity index (χ1) is 10.4. The lowest BCUT2D eigenvalue weighted by atomic mass is 10.0. The average molecular weight is 322 g/mol. The SMILES string of the molecule is C[C@@H](CNC(=O)c1cc2cc(Cl)ccc2[nH]1)CC(=N)C(=O)O. The molecule has 0 unspecified atom stereocenters. The number of benzene rings is 1. The van der Waals surface area contributed by atoms with Gasteiger partial charge in [-0.25, -0.2) is 4.79 Å². The first-order valence-electron chi connectivity index (χ1n) is 6.74. The van der Waals surface area contributed by atoms with Gasteiger partial charge in [0.1, 0.15) is 11.4 Å². The number of amides is 1. The molecule has 2 rings (SSSR count). The maximum atomic E-state index is 12.1. The number of aliphatic carboxylic acids is 1. The van der Waals surface area contributed by atoms with Crippen LogP contribution in [0, 0.1) is 11.3 Å². The van der Waals surface area contributed by atoms with Crippen molar-refractivity contribution < 1.29 is 14.7 Å². The van der Waals surface area contributed by atoms with Crippen LogP contribution in [0.3, 0.4) is 0 Å². The van der Waals surface area contributed by atoms with Crippen molar-refractivity contribution in [1.82, 2.24) is 10.3 Å². The highest BCUT2D eigenvalue weighted by atomic mass is 35.5. The van der Waals surface area contributed by atoms with Crippen molar-refractivity contribution in [2.24, 2.45) is 5.92 Å². The Morgan fingerprint density at radius 1 is 1.41 bits per heavy atom. The molecule has 6 nitrogen and oxygen atoms in total. The summed E-state index contributed by atoms with van der Waals surface area (Å²) in [5.41, 5.74) is 0.870. The minimum atomic E-state index is -1.23. The van der Waals surface area contributed by atoms with E-state index in [0.717, 1.165) is 10.9 Å². The molecule has 0 radical (unpaired) electrons. The predicted molar refractivity (Wildman–Crippen MR) is 84.8 cm³/mol. The molecule has 22 heavy (non-hydrogen) atoms. The largest absolute Gasteiger partial charge is 0.477 e. The molecule has 4 N–H and O–H groups in total. The van der Waals surface area contributed by atoms with Gasteiger partial charge in [0.2, 0.25) is 0 Å². The summed E-state index contributed by atoms with van der Waals surface area (Å²) in [7, 11) is 0. The summed E-state index contributed by atoms with van der Waals surface area (Å²) in [6, 6.07) is 7.01. The van der Waals surface area contributed by atoms with Crippen LogP contribution >= 0.6 is 11.6 Å². The van der Waals surface area contributed by atoms with Crippen LogP contribution in [0.5, 0.6) is 0 Å². The van der Waals surface area contributed by atoms with Crippen LogP contribution in [-0.2, 0) is 4.79 Å². The van der Waals surface area contributed by atoms with Crippen LogP contribution in [0.25, 0.3) is 10.9 Å². The van der Waals surface area contributed by atoms with Gasteiger partial charge in [-0.2, -0.15) is 0 Å². The van der Waals surface area contributed by atoms with Gasteiger partial charge in [-0.3, -0.25) is 10.2 Å².